The van der Waals surface area contributed by atoms with Gasteiger partial charge in [0.1, 0.15) is 23.9 Å². The first-order chi connectivity index (χ1) is 14.3. The van der Waals surface area contributed by atoms with Crippen molar-refractivity contribution in [2.75, 3.05) is 20.8 Å². The number of ether oxygens (including phenoxy) is 4. The zero-order chi connectivity index (χ0) is 22.1. The van der Waals surface area contributed by atoms with Gasteiger partial charge < -0.3 is 18.9 Å². The molecule has 8 heteroatoms. The summed E-state index contributed by atoms with van der Waals surface area (Å²) >= 11 is 0. The van der Waals surface area contributed by atoms with Crippen LogP contribution in [0.2, 0.25) is 0 Å². The second-order valence-electron chi connectivity index (χ2n) is 6.04. The maximum atomic E-state index is 13.6. The van der Waals surface area contributed by atoms with Crippen LogP contribution in [0.1, 0.15) is 6.92 Å². The van der Waals surface area contributed by atoms with E-state index >= 15 is 0 Å². The van der Waals surface area contributed by atoms with Gasteiger partial charge in [-0.25, -0.2) is 4.79 Å². The molecular formula is C22H21F3O5. The van der Waals surface area contributed by atoms with Gasteiger partial charge in [-0.2, -0.15) is 13.2 Å². The molecule has 0 fully saturated rings. The molecule has 5 nitrogen and oxygen atoms in total. The Hall–Kier alpha value is -3.42. The summed E-state index contributed by atoms with van der Waals surface area (Å²) in [6.45, 7) is 0.358. The Balaban J connectivity index is 2.18. The lowest BCUT2D eigenvalue weighted by Gasteiger charge is -2.17. The molecule has 0 saturated heterocycles. The van der Waals surface area contributed by atoms with E-state index in [0.29, 0.717) is 11.5 Å². The monoisotopic (exact) mass is 422 g/mol. The highest BCUT2D eigenvalue weighted by atomic mass is 19.4. The first kappa shape index (κ1) is 22.9. The molecular weight excluding hydrogens is 401 g/mol. The van der Waals surface area contributed by atoms with Crippen LogP contribution in [0.4, 0.5) is 13.2 Å². The number of carbonyl (C=O) groups is 1. The van der Waals surface area contributed by atoms with Gasteiger partial charge in [-0.3, -0.25) is 0 Å². The van der Waals surface area contributed by atoms with Crippen LogP contribution in [0, 0.1) is 0 Å². The van der Waals surface area contributed by atoms with Gasteiger partial charge in [0.15, 0.2) is 0 Å². The SMILES string of the molecule is CO/C=C(/C(=O)OC)C(C)=C(COc1ccc(Oc2ccccc2)cc1)C(F)(F)F. The van der Waals surface area contributed by atoms with Crippen molar-refractivity contribution >= 4 is 5.97 Å². The van der Waals surface area contributed by atoms with Crippen molar-refractivity contribution in [1.82, 2.24) is 0 Å². The van der Waals surface area contributed by atoms with Crippen LogP contribution in [0.5, 0.6) is 17.2 Å². The van der Waals surface area contributed by atoms with Gasteiger partial charge >= 0.3 is 12.1 Å². The molecule has 0 aliphatic heterocycles. The van der Waals surface area contributed by atoms with Crippen LogP contribution >= 0.6 is 0 Å². The second kappa shape index (κ2) is 10.4. The van der Waals surface area contributed by atoms with E-state index in [1.165, 1.54) is 19.2 Å². The van der Waals surface area contributed by atoms with Crippen molar-refractivity contribution in [2.45, 2.75) is 13.1 Å². The maximum absolute atomic E-state index is 13.6. The predicted molar refractivity (Wildman–Crippen MR) is 104 cm³/mol. The highest BCUT2D eigenvalue weighted by Gasteiger charge is 2.37. The molecule has 0 aromatic heterocycles. The highest BCUT2D eigenvalue weighted by molar-refractivity contribution is 5.93. The second-order valence-corrected chi connectivity index (χ2v) is 6.04. The smallest absolute Gasteiger partial charge is 0.416 e. The zero-order valence-electron chi connectivity index (χ0n) is 16.7. The number of hydrogen-bond donors (Lipinski definition) is 0. The summed E-state index contributed by atoms with van der Waals surface area (Å²) in [5.74, 6) is 0.399. The Morgan fingerprint density at radius 3 is 2.03 bits per heavy atom. The molecule has 0 saturated carbocycles. The molecule has 30 heavy (non-hydrogen) atoms. The Bertz CT molecular complexity index is 901. The predicted octanol–water partition coefficient (Wildman–Crippen LogP) is 5.44. The lowest BCUT2D eigenvalue weighted by Crippen LogP contribution is -2.22. The minimum Gasteiger partial charge on any atom is -0.503 e. The van der Waals surface area contributed by atoms with E-state index in [4.69, 9.17) is 14.2 Å². The number of halogens is 3. The molecule has 0 aliphatic rings. The molecule has 160 valence electrons. The van der Waals surface area contributed by atoms with Crippen LogP contribution in [0.3, 0.4) is 0 Å². The molecule has 0 unspecified atom stereocenters. The Labute approximate surface area is 172 Å². The molecule has 0 N–H and O–H groups in total. The van der Waals surface area contributed by atoms with Gasteiger partial charge in [0.05, 0.1) is 31.6 Å². The average Bonchev–Trinajstić information content (AvgIpc) is 2.72. The first-order valence-corrected chi connectivity index (χ1v) is 8.80. The molecule has 2 rings (SSSR count). The van der Waals surface area contributed by atoms with E-state index < -0.39 is 24.3 Å². The van der Waals surface area contributed by atoms with Gasteiger partial charge in [-0.15, -0.1) is 0 Å². The normalized spacial score (nSPS) is 12.7. The first-order valence-electron chi connectivity index (χ1n) is 8.80. The van der Waals surface area contributed by atoms with Crippen molar-refractivity contribution in [3.05, 3.63) is 77.6 Å². The summed E-state index contributed by atoms with van der Waals surface area (Å²) in [5.41, 5.74) is -1.72. The summed E-state index contributed by atoms with van der Waals surface area (Å²) in [5, 5.41) is 0. The van der Waals surface area contributed by atoms with E-state index in [1.54, 1.807) is 24.3 Å². The molecule has 0 aliphatic carbocycles. The molecule has 0 amide bonds. The third-order valence-corrected chi connectivity index (χ3v) is 4.03. The number of carbonyl (C=O) groups excluding carboxylic acids is 1. The largest absolute Gasteiger partial charge is 0.503 e. The van der Waals surface area contributed by atoms with Gasteiger partial charge in [0, 0.05) is 0 Å². The Morgan fingerprint density at radius 2 is 1.50 bits per heavy atom. The lowest BCUT2D eigenvalue weighted by atomic mass is 10.0. The molecule has 2 aromatic rings. The third kappa shape index (κ3) is 6.30. The summed E-state index contributed by atoms with van der Waals surface area (Å²) in [6, 6.07) is 15.2. The number of methoxy groups -OCH3 is 2. The summed E-state index contributed by atoms with van der Waals surface area (Å²) < 4.78 is 60.9. The van der Waals surface area contributed by atoms with E-state index in [1.807, 2.05) is 18.2 Å². The van der Waals surface area contributed by atoms with Crippen LogP contribution in [-0.4, -0.2) is 33.0 Å². The van der Waals surface area contributed by atoms with Gasteiger partial charge in [0.25, 0.3) is 0 Å². The summed E-state index contributed by atoms with van der Waals surface area (Å²) in [4.78, 5) is 11.8. The number of benzene rings is 2. The highest BCUT2D eigenvalue weighted by Crippen LogP contribution is 2.32. The molecule has 0 spiro atoms. The van der Waals surface area contributed by atoms with Crippen LogP contribution < -0.4 is 9.47 Å². The minimum absolute atomic E-state index is 0.209. The van der Waals surface area contributed by atoms with E-state index in [2.05, 4.69) is 4.74 Å². The van der Waals surface area contributed by atoms with Gasteiger partial charge in [0.2, 0.25) is 0 Å². The summed E-state index contributed by atoms with van der Waals surface area (Å²) in [7, 11) is 2.29. The average molecular weight is 422 g/mol. The summed E-state index contributed by atoms with van der Waals surface area (Å²) in [6.07, 6.45) is -3.82. The fraction of sp³-hybridized carbons (Fsp3) is 0.227. The Kier molecular flexibility index (Phi) is 7.91. The lowest BCUT2D eigenvalue weighted by molar-refractivity contribution is -0.136. The van der Waals surface area contributed by atoms with Crippen molar-refractivity contribution in [3.8, 4) is 17.2 Å². The number of para-hydroxylation sites is 1. The van der Waals surface area contributed by atoms with Crippen molar-refractivity contribution in [1.29, 1.82) is 0 Å². The number of hydrogen-bond acceptors (Lipinski definition) is 5. The molecule has 2 aromatic carbocycles. The fourth-order valence-corrected chi connectivity index (χ4v) is 2.47. The quantitative estimate of drug-likeness (QED) is 0.245. The van der Waals surface area contributed by atoms with Gasteiger partial charge in [-0.1, -0.05) is 18.2 Å². The fourth-order valence-electron chi connectivity index (χ4n) is 2.47. The molecule has 0 heterocycles. The van der Waals surface area contributed by atoms with E-state index in [0.717, 1.165) is 20.3 Å². The van der Waals surface area contributed by atoms with Crippen molar-refractivity contribution in [2.24, 2.45) is 0 Å². The van der Waals surface area contributed by atoms with Crippen LogP contribution in [-0.2, 0) is 14.3 Å². The maximum Gasteiger partial charge on any atom is 0.416 e. The van der Waals surface area contributed by atoms with Crippen molar-refractivity contribution in [3.63, 3.8) is 0 Å². The van der Waals surface area contributed by atoms with Crippen molar-refractivity contribution < 1.29 is 36.9 Å². The minimum atomic E-state index is -4.72. The van der Waals surface area contributed by atoms with E-state index in [9.17, 15) is 18.0 Å². The van der Waals surface area contributed by atoms with Crippen LogP contribution in [0.25, 0.3) is 0 Å². The number of esters is 1. The topological polar surface area (TPSA) is 54.0 Å². The zero-order valence-corrected chi connectivity index (χ0v) is 16.7. The molecule has 0 atom stereocenters. The molecule has 0 radical (unpaired) electrons. The Morgan fingerprint density at radius 1 is 0.933 bits per heavy atom. The number of rotatable bonds is 8. The number of alkyl halides is 3. The van der Waals surface area contributed by atoms with Crippen LogP contribution in [0.15, 0.2) is 77.6 Å². The standard InChI is InChI=1S/C22H21F3O5/c1-15(19(13-27-2)21(26)28-3)20(22(23,24)25)14-29-16-9-11-18(12-10-16)30-17-7-5-4-6-8-17/h4-13H,14H2,1-3H3/b19-13+,20-15?. The molecule has 0 bridgehead atoms. The van der Waals surface area contributed by atoms with Gasteiger partial charge in [-0.05, 0) is 48.9 Å². The van der Waals surface area contributed by atoms with E-state index in [-0.39, 0.29) is 16.9 Å². The third-order valence-electron chi connectivity index (χ3n) is 4.03.